The van der Waals surface area contributed by atoms with E-state index in [2.05, 4.69) is 0 Å². The van der Waals surface area contributed by atoms with Gasteiger partial charge >= 0.3 is 5.97 Å². The minimum atomic E-state index is -0.998. The molecule has 0 aliphatic heterocycles. The molecule has 0 rings (SSSR count). The average Bonchev–Trinajstić information content (AvgIpc) is 1.88. The molecule has 0 radical (unpaired) electrons. The Morgan fingerprint density at radius 1 is 1.70 bits per heavy atom. The Labute approximate surface area is 60.6 Å². The maximum absolute atomic E-state index is 10.1. The molecule has 0 spiro atoms. The molecule has 5 heteroatoms. The molecule has 0 bridgehead atoms. The second kappa shape index (κ2) is 5.33. The van der Waals surface area contributed by atoms with Crippen molar-refractivity contribution < 1.29 is 14.5 Å². The lowest BCUT2D eigenvalue weighted by molar-refractivity contribution is -0.138. The number of carboxylic acid groups (broad SMARTS) is 1. The molecule has 0 aromatic rings. The van der Waals surface area contributed by atoms with Gasteiger partial charge in [-0.3, -0.25) is 9.36 Å². The van der Waals surface area contributed by atoms with E-state index in [1.54, 1.807) is 0 Å². The molecule has 0 unspecified atom stereocenters. The third-order valence-electron chi connectivity index (χ3n) is 1.08. The number of nitrogens with two attached hydrogens (primary N) is 1. The lowest BCUT2D eigenvalue weighted by atomic mass is 10.2. The quantitative estimate of drug-likeness (QED) is 0.456. The Balaban J connectivity index is 3.30. The fraction of sp³-hybridized carbons (Fsp3) is 0.800. The number of hydrogen-bond donors (Lipinski definition) is 2. The number of hydrogen-bond acceptors (Lipinski definition) is 3. The maximum atomic E-state index is 10.1. The molecule has 58 valence electrons. The number of carbonyl (C=O) groups is 1. The average molecular weight is 163 g/mol. The Hall–Kier alpha value is -0.470. The zero-order valence-corrected chi connectivity index (χ0v) is 6.38. The van der Waals surface area contributed by atoms with Gasteiger partial charge in [-0.1, -0.05) is 0 Å². The highest BCUT2D eigenvalue weighted by atomic mass is 31.1. The van der Waals surface area contributed by atoms with Gasteiger partial charge in [0.2, 0.25) is 0 Å². The fourth-order valence-corrected chi connectivity index (χ4v) is 0.811. The van der Waals surface area contributed by atoms with Gasteiger partial charge in [0.15, 0.2) is 8.46 Å². The van der Waals surface area contributed by atoms with Gasteiger partial charge in [-0.15, -0.1) is 0 Å². The Kier molecular flexibility index (Phi) is 5.08. The van der Waals surface area contributed by atoms with Gasteiger partial charge in [-0.2, -0.15) is 0 Å². The number of rotatable bonds is 5. The first-order valence-electron chi connectivity index (χ1n) is 2.96. The summed E-state index contributed by atoms with van der Waals surface area (Å²) in [6.07, 6.45) is 1.48. The summed E-state index contributed by atoms with van der Waals surface area (Å²) in [7, 11) is 0.0546. The second-order valence-electron chi connectivity index (χ2n) is 1.94. The van der Waals surface area contributed by atoms with Gasteiger partial charge < -0.3 is 10.8 Å². The highest BCUT2D eigenvalue weighted by Gasteiger charge is 2.09. The molecule has 0 saturated heterocycles. The van der Waals surface area contributed by atoms with Crippen molar-refractivity contribution in [1.82, 2.24) is 0 Å². The van der Waals surface area contributed by atoms with E-state index in [4.69, 9.17) is 10.8 Å². The van der Waals surface area contributed by atoms with Crippen molar-refractivity contribution in [3.63, 3.8) is 0 Å². The van der Waals surface area contributed by atoms with Gasteiger partial charge in [0.25, 0.3) is 0 Å². The Morgan fingerprint density at radius 2 is 2.30 bits per heavy atom. The maximum Gasteiger partial charge on any atom is 0.320 e. The summed E-state index contributed by atoms with van der Waals surface area (Å²) in [5.74, 6) is -0.998. The molecule has 0 aliphatic rings. The van der Waals surface area contributed by atoms with Crippen molar-refractivity contribution in [3.05, 3.63) is 0 Å². The summed E-state index contributed by atoms with van der Waals surface area (Å²) in [5.41, 5.74) is 5.15. The molecule has 0 fully saturated rings. The summed E-state index contributed by atoms with van der Waals surface area (Å²) < 4.78 is 9.87. The van der Waals surface area contributed by atoms with Gasteiger partial charge in [0.1, 0.15) is 6.04 Å². The van der Waals surface area contributed by atoms with Crippen molar-refractivity contribution in [2.75, 3.05) is 6.16 Å². The Morgan fingerprint density at radius 3 is 2.70 bits per heavy atom. The summed E-state index contributed by atoms with van der Waals surface area (Å²) in [6, 6.07) is -0.804. The molecule has 0 saturated carbocycles. The van der Waals surface area contributed by atoms with E-state index < -0.39 is 12.0 Å². The van der Waals surface area contributed by atoms with Gasteiger partial charge in [0, 0.05) is 6.16 Å². The third kappa shape index (κ3) is 4.41. The van der Waals surface area contributed by atoms with Crippen LogP contribution in [0.4, 0.5) is 0 Å². The third-order valence-corrected chi connectivity index (χ3v) is 1.58. The molecule has 0 aromatic heterocycles. The van der Waals surface area contributed by atoms with Gasteiger partial charge in [0.05, 0.1) is 0 Å². The van der Waals surface area contributed by atoms with E-state index in [-0.39, 0.29) is 8.46 Å². The summed E-state index contributed by atoms with van der Waals surface area (Å²) >= 11 is 0. The van der Waals surface area contributed by atoms with Crippen LogP contribution in [-0.2, 0) is 9.36 Å². The predicted molar refractivity (Wildman–Crippen MR) is 37.3 cm³/mol. The minimum absolute atomic E-state index is 0.0546. The number of carboxylic acids is 1. The van der Waals surface area contributed by atoms with E-state index in [9.17, 15) is 9.36 Å². The SMILES string of the molecule is N[C@H](CCCP=O)C(=O)O. The first-order valence-corrected chi connectivity index (χ1v) is 3.95. The largest absolute Gasteiger partial charge is 0.480 e. The van der Waals surface area contributed by atoms with Crippen molar-refractivity contribution in [2.45, 2.75) is 18.9 Å². The molecular weight excluding hydrogens is 153 g/mol. The first kappa shape index (κ1) is 9.53. The van der Waals surface area contributed by atoms with Crippen LogP contribution in [0.2, 0.25) is 0 Å². The van der Waals surface area contributed by atoms with Crippen LogP contribution >= 0.6 is 8.46 Å². The Bertz CT molecular complexity index is 128. The van der Waals surface area contributed by atoms with Gasteiger partial charge in [-0.25, -0.2) is 0 Å². The predicted octanol–water partition coefficient (Wildman–Crippen LogP) is 0.470. The minimum Gasteiger partial charge on any atom is -0.480 e. The van der Waals surface area contributed by atoms with Crippen molar-refractivity contribution in [1.29, 1.82) is 0 Å². The monoisotopic (exact) mass is 163 g/mol. The highest BCUT2D eigenvalue weighted by Crippen LogP contribution is 2.01. The van der Waals surface area contributed by atoms with Crippen LogP contribution in [0.1, 0.15) is 12.8 Å². The zero-order valence-electron chi connectivity index (χ0n) is 5.49. The smallest absolute Gasteiger partial charge is 0.320 e. The lowest BCUT2D eigenvalue weighted by Crippen LogP contribution is -2.29. The second-order valence-corrected chi connectivity index (χ2v) is 2.65. The van der Waals surface area contributed by atoms with E-state index in [0.717, 1.165) is 0 Å². The van der Waals surface area contributed by atoms with E-state index in [1.165, 1.54) is 0 Å². The van der Waals surface area contributed by atoms with E-state index in [1.807, 2.05) is 0 Å². The van der Waals surface area contributed by atoms with Crippen molar-refractivity contribution >= 4 is 14.4 Å². The van der Waals surface area contributed by atoms with Crippen LogP contribution in [0.5, 0.6) is 0 Å². The highest BCUT2D eigenvalue weighted by molar-refractivity contribution is 7.23. The van der Waals surface area contributed by atoms with E-state index >= 15 is 0 Å². The van der Waals surface area contributed by atoms with Crippen LogP contribution in [0.3, 0.4) is 0 Å². The molecule has 4 nitrogen and oxygen atoms in total. The summed E-state index contributed by atoms with van der Waals surface area (Å²) in [4.78, 5) is 10.1. The van der Waals surface area contributed by atoms with Crippen LogP contribution < -0.4 is 5.73 Å². The van der Waals surface area contributed by atoms with Crippen LogP contribution in [0.25, 0.3) is 0 Å². The molecule has 1 atom stereocenters. The van der Waals surface area contributed by atoms with Gasteiger partial charge in [-0.05, 0) is 12.8 Å². The molecule has 10 heavy (non-hydrogen) atoms. The summed E-state index contributed by atoms with van der Waals surface area (Å²) in [5, 5.41) is 8.28. The summed E-state index contributed by atoms with van der Waals surface area (Å²) in [6.45, 7) is 0. The first-order chi connectivity index (χ1) is 4.68. The van der Waals surface area contributed by atoms with Crippen molar-refractivity contribution in [3.8, 4) is 0 Å². The molecule has 0 amide bonds. The molecular formula is C5H10NO3P. The topological polar surface area (TPSA) is 80.4 Å². The molecule has 0 aromatic carbocycles. The lowest BCUT2D eigenvalue weighted by Gasteiger charge is -2.01. The van der Waals surface area contributed by atoms with Crippen LogP contribution in [0, 0.1) is 0 Å². The molecule has 0 aliphatic carbocycles. The number of aliphatic carboxylic acids is 1. The van der Waals surface area contributed by atoms with E-state index in [0.29, 0.717) is 19.0 Å². The normalized spacial score (nSPS) is 13.3. The van der Waals surface area contributed by atoms with Crippen LogP contribution in [0.15, 0.2) is 0 Å². The zero-order chi connectivity index (χ0) is 7.98. The fourth-order valence-electron chi connectivity index (χ4n) is 0.499. The molecule has 3 N–H and O–H groups in total. The van der Waals surface area contributed by atoms with Crippen molar-refractivity contribution in [2.24, 2.45) is 5.73 Å². The van der Waals surface area contributed by atoms with Crippen LogP contribution in [-0.4, -0.2) is 23.3 Å². The molecule has 0 heterocycles. The standard InChI is InChI=1S/C5H10NO3P/c6-4(5(7)8)2-1-3-10-9/h4H,1-3,6H2,(H,7,8)/t4-/m1/s1.